The van der Waals surface area contributed by atoms with Gasteiger partial charge in [0.15, 0.2) is 5.82 Å². The third kappa shape index (κ3) is 4.13. The number of fused-ring (bicyclic) bond motifs is 1. The monoisotopic (exact) mass is 436 g/mol. The van der Waals surface area contributed by atoms with Crippen LogP contribution >= 0.6 is 0 Å². The number of methoxy groups -OCH3 is 1. The Morgan fingerprint density at radius 3 is 2.56 bits per heavy atom. The largest absolute Gasteiger partial charge is 0.369 e. The molecule has 1 fully saturated rings. The lowest BCUT2D eigenvalue weighted by molar-refractivity contribution is -0.152. The van der Waals surface area contributed by atoms with Crippen LogP contribution in [0.3, 0.4) is 0 Å². The molecule has 7 nitrogen and oxygen atoms in total. The normalized spacial score (nSPS) is 18.8. The van der Waals surface area contributed by atoms with E-state index < -0.39 is 5.60 Å². The lowest BCUT2D eigenvalue weighted by atomic mass is 10.0. The van der Waals surface area contributed by atoms with Gasteiger partial charge in [0.1, 0.15) is 11.4 Å². The number of carbonyl (C=O) groups is 2. The number of nitrogens with zero attached hydrogens (tertiary/aromatic N) is 4. The highest BCUT2D eigenvalue weighted by Crippen LogP contribution is 2.36. The Labute approximate surface area is 189 Å². The summed E-state index contributed by atoms with van der Waals surface area (Å²) in [6.45, 7) is 8.72. The minimum Gasteiger partial charge on any atom is -0.369 e. The summed E-state index contributed by atoms with van der Waals surface area (Å²) in [7, 11) is 1.55. The minimum atomic E-state index is -0.903. The third-order valence-corrected chi connectivity index (χ3v) is 6.65. The van der Waals surface area contributed by atoms with Crippen molar-refractivity contribution in [2.45, 2.75) is 71.6 Å². The molecular formula is C25H32N4O3. The van der Waals surface area contributed by atoms with E-state index in [-0.39, 0.29) is 17.9 Å². The van der Waals surface area contributed by atoms with Gasteiger partial charge in [0.25, 0.3) is 5.91 Å². The Morgan fingerprint density at radius 1 is 1.16 bits per heavy atom. The van der Waals surface area contributed by atoms with E-state index in [1.54, 1.807) is 25.9 Å². The second-order valence-corrected chi connectivity index (χ2v) is 9.31. The molecule has 0 unspecified atom stereocenters. The van der Waals surface area contributed by atoms with E-state index in [9.17, 15) is 9.59 Å². The molecule has 1 aromatic heterocycles. The molecule has 1 saturated heterocycles. The number of hydrogen-bond donors (Lipinski definition) is 0. The maximum atomic E-state index is 13.1. The number of aromatic nitrogens is 2. The summed E-state index contributed by atoms with van der Waals surface area (Å²) in [5.41, 5.74) is 3.25. The van der Waals surface area contributed by atoms with Crippen LogP contribution in [0.1, 0.15) is 67.4 Å². The number of benzene rings is 1. The molecule has 0 spiro atoms. The highest BCUT2D eigenvalue weighted by molar-refractivity contribution is 5.95. The predicted octanol–water partition coefficient (Wildman–Crippen LogP) is 3.66. The number of carbonyl (C=O) groups excluding carboxylic acids is 2. The van der Waals surface area contributed by atoms with Gasteiger partial charge in [-0.3, -0.25) is 14.5 Å². The summed E-state index contributed by atoms with van der Waals surface area (Å²) >= 11 is 0. The number of likely N-dealkylation sites (tertiary alicyclic amines) is 1. The zero-order valence-corrected chi connectivity index (χ0v) is 19.6. The Hall–Kier alpha value is -2.80. The fourth-order valence-electron chi connectivity index (χ4n) is 4.50. The highest BCUT2D eigenvalue weighted by atomic mass is 16.5. The van der Waals surface area contributed by atoms with E-state index in [4.69, 9.17) is 14.7 Å². The SMILES string of the molecule is COC(C)(C)C(=O)N1CCC[C@@H]1c1nc(C)c2c(n1)N(Cc1ccc(C)cc1)C(=O)CC2. The summed E-state index contributed by atoms with van der Waals surface area (Å²) in [6.07, 6.45) is 2.80. The maximum Gasteiger partial charge on any atom is 0.254 e. The first kappa shape index (κ1) is 22.4. The number of rotatable bonds is 5. The maximum absolute atomic E-state index is 13.1. The first-order valence-corrected chi connectivity index (χ1v) is 11.3. The van der Waals surface area contributed by atoms with Crippen molar-refractivity contribution in [2.75, 3.05) is 18.6 Å². The molecule has 7 heteroatoms. The second-order valence-electron chi connectivity index (χ2n) is 9.31. The first-order chi connectivity index (χ1) is 15.2. The van der Waals surface area contributed by atoms with Gasteiger partial charge < -0.3 is 9.64 Å². The number of anilines is 1. The fraction of sp³-hybridized carbons (Fsp3) is 0.520. The summed E-state index contributed by atoms with van der Waals surface area (Å²) in [4.78, 5) is 39.3. The van der Waals surface area contributed by atoms with Crippen molar-refractivity contribution in [1.29, 1.82) is 0 Å². The van der Waals surface area contributed by atoms with Crippen molar-refractivity contribution in [3.8, 4) is 0 Å². The smallest absolute Gasteiger partial charge is 0.254 e. The van der Waals surface area contributed by atoms with E-state index >= 15 is 0 Å². The zero-order valence-electron chi connectivity index (χ0n) is 19.6. The van der Waals surface area contributed by atoms with Crippen LogP contribution in [0.15, 0.2) is 24.3 Å². The van der Waals surface area contributed by atoms with E-state index in [0.717, 1.165) is 29.7 Å². The molecule has 0 N–H and O–H groups in total. The van der Waals surface area contributed by atoms with Crippen molar-refractivity contribution < 1.29 is 14.3 Å². The van der Waals surface area contributed by atoms with Crippen molar-refractivity contribution in [1.82, 2.24) is 14.9 Å². The lowest BCUT2D eigenvalue weighted by Gasteiger charge is -2.33. The van der Waals surface area contributed by atoms with E-state index in [1.807, 2.05) is 18.7 Å². The van der Waals surface area contributed by atoms with Crippen LogP contribution in [0, 0.1) is 13.8 Å². The van der Waals surface area contributed by atoms with Crippen molar-refractivity contribution in [2.24, 2.45) is 0 Å². The van der Waals surface area contributed by atoms with Crippen LogP contribution in [0.4, 0.5) is 5.82 Å². The molecule has 32 heavy (non-hydrogen) atoms. The molecule has 2 aliphatic heterocycles. The fourth-order valence-corrected chi connectivity index (χ4v) is 4.50. The lowest BCUT2D eigenvalue weighted by Crippen LogP contribution is -2.46. The summed E-state index contributed by atoms with van der Waals surface area (Å²) in [6, 6.07) is 8.01. The average Bonchev–Trinajstić information content (AvgIpc) is 3.26. The number of aryl methyl sites for hydroxylation is 2. The number of amides is 2. The van der Waals surface area contributed by atoms with E-state index in [0.29, 0.717) is 37.6 Å². The highest BCUT2D eigenvalue weighted by Gasteiger charge is 2.40. The molecule has 3 heterocycles. The molecule has 2 aromatic rings. The quantitative estimate of drug-likeness (QED) is 0.715. The van der Waals surface area contributed by atoms with Gasteiger partial charge in [-0.15, -0.1) is 0 Å². The summed E-state index contributed by atoms with van der Waals surface area (Å²) in [5.74, 6) is 1.31. The minimum absolute atomic E-state index is 0.0611. The molecule has 0 radical (unpaired) electrons. The number of ether oxygens (including phenoxy) is 1. The number of hydrogen-bond acceptors (Lipinski definition) is 5. The van der Waals surface area contributed by atoms with Gasteiger partial charge in [0.2, 0.25) is 5.91 Å². The second kappa shape index (κ2) is 8.62. The molecule has 1 aromatic carbocycles. The standard InChI is InChI=1S/C25H32N4O3/c1-16-8-10-18(11-9-16)15-29-21(30)13-12-19-17(2)26-22(27-23(19)29)20-7-6-14-28(20)24(31)25(3,4)32-5/h8-11,20H,6-7,12-15H2,1-5H3/t20-/m1/s1. The average molecular weight is 437 g/mol. The molecular weight excluding hydrogens is 404 g/mol. The molecule has 2 amide bonds. The topological polar surface area (TPSA) is 75.6 Å². The van der Waals surface area contributed by atoms with Crippen LogP contribution < -0.4 is 4.90 Å². The van der Waals surface area contributed by atoms with Gasteiger partial charge in [0.05, 0.1) is 12.6 Å². The van der Waals surface area contributed by atoms with Gasteiger partial charge in [-0.1, -0.05) is 29.8 Å². The van der Waals surface area contributed by atoms with Gasteiger partial charge in [0, 0.05) is 31.3 Å². The van der Waals surface area contributed by atoms with Crippen LogP contribution in [0.25, 0.3) is 0 Å². The van der Waals surface area contributed by atoms with E-state index in [1.165, 1.54) is 5.56 Å². The summed E-state index contributed by atoms with van der Waals surface area (Å²) in [5, 5.41) is 0. The summed E-state index contributed by atoms with van der Waals surface area (Å²) < 4.78 is 5.43. The Balaban J connectivity index is 1.70. The van der Waals surface area contributed by atoms with Crippen molar-refractivity contribution >= 4 is 17.6 Å². The van der Waals surface area contributed by atoms with Crippen molar-refractivity contribution in [3.63, 3.8) is 0 Å². The Bertz CT molecular complexity index is 1030. The third-order valence-electron chi connectivity index (χ3n) is 6.65. The molecule has 0 saturated carbocycles. The Kier molecular flexibility index (Phi) is 6.03. The molecule has 0 aliphatic carbocycles. The predicted molar refractivity (Wildman–Crippen MR) is 122 cm³/mol. The zero-order chi connectivity index (χ0) is 23.0. The van der Waals surface area contributed by atoms with E-state index in [2.05, 4.69) is 24.3 Å². The molecule has 1 atom stereocenters. The molecule has 2 aliphatic rings. The van der Waals surface area contributed by atoms with Gasteiger partial charge in [-0.2, -0.15) is 0 Å². The first-order valence-electron chi connectivity index (χ1n) is 11.3. The van der Waals surface area contributed by atoms with Crippen molar-refractivity contribution in [3.05, 3.63) is 52.5 Å². The molecule has 4 rings (SSSR count). The molecule has 0 bridgehead atoms. The van der Waals surface area contributed by atoms with Crippen LogP contribution in [-0.2, 0) is 27.3 Å². The Morgan fingerprint density at radius 2 is 1.88 bits per heavy atom. The van der Waals surface area contributed by atoms with Gasteiger partial charge in [-0.25, -0.2) is 9.97 Å². The van der Waals surface area contributed by atoms with Crippen LogP contribution in [0.5, 0.6) is 0 Å². The van der Waals surface area contributed by atoms with Gasteiger partial charge >= 0.3 is 0 Å². The molecule has 170 valence electrons. The van der Waals surface area contributed by atoms with Crippen LogP contribution in [0.2, 0.25) is 0 Å². The van der Waals surface area contributed by atoms with Crippen LogP contribution in [-0.4, -0.2) is 45.9 Å². The van der Waals surface area contributed by atoms with Gasteiger partial charge in [-0.05, 0) is 52.5 Å².